The fourth-order valence-corrected chi connectivity index (χ4v) is 2.98. The Kier molecular flexibility index (Phi) is 3.80. The SMILES string of the molecule is COc1ccc(-n2c(C)nc3c(cnn3-c3ccc(C)cc3)c2=O)cc1. The van der Waals surface area contributed by atoms with Gasteiger partial charge in [0.05, 0.1) is 24.7 Å². The van der Waals surface area contributed by atoms with E-state index in [1.807, 2.05) is 62.4 Å². The van der Waals surface area contributed by atoms with Gasteiger partial charge in [0, 0.05) is 0 Å². The van der Waals surface area contributed by atoms with Crippen LogP contribution in [-0.4, -0.2) is 26.4 Å². The minimum Gasteiger partial charge on any atom is -0.497 e. The van der Waals surface area contributed by atoms with Crippen LogP contribution in [0.3, 0.4) is 0 Å². The molecule has 2 aromatic heterocycles. The molecule has 0 spiro atoms. The van der Waals surface area contributed by atoms with Crippen molar-refractivity contribution in [2.45, 2.75) is 13.8 Å². The highest BCUT2D eigenvalue weighted by molar-refractivity contribution is 5.75. The van der Waals surface area contributed by atoms with Crippen LogP contribution in [0.5, 0.6) is 5.75 Å². The summed E-state index contributed by atoms with van der Waals surface area (Å²) in [5.41, 5.74) is 3.19. The summed E-state index contributed by atoms with van der Waals surface area (Å²) >= 11 is 0. The first-order valence-electron chi connectivity index (χ1n) is 8.27. The predicted molar refractivity (Wildman–Crippen MR) is 100 cm³/mol. The van der Waals surface area contributed by atoms with E-state index >= 15 is 0 Å². The third-order valence-corrected chi connectivity index (χ3v) is 4.38. The number of hydrogen-bond acceptors (Lipinski definition) is 4. The quantitative estimate of drug-likeness (QED) is 0.571. The summed E-state index contributed by atoms with van der Waals surface area (Å²) in [6.07, 6.45) is 1.57. The average molecular weight is 346 g/mol. The van der Waals surface area contributed by atoms with Crippen molar-refractivity contribution in [3.63, 3.8) is 0 Å². The highest BCUT2D eigenvalue weighted by atomic mass is 16.5. The van der Waals surface area contributed by atoms with E-state index in [9.17, 15) is 4.79 Å². The predicted octanol–water partition coefficient (Wildman–Crippen LogP) is 3.20. The van der Waals surface area contributed by atoms with Crippen molar-refractivity contribution in [2.75, 3.05) is 7.11 Å². The van der Waals surface area contributed by atoms with Crippen LogP contribution in [0.1, 0.15) is 11.4 Å². The molecule has 0 amide bonds. The first-order valence-corrected chi connectivity index (χ1v) is 8.27. The van der Waals surface area contributed by atoms with E-state index in [2.05, 4.69) is 10.1 Å². The third kappa shape index (κ3) is 2.56. The number of benzene rings is 2. The molecule has 6 heteroatoms. The van der Waals surface area contributed by atoms with Crippen molar-refractivity contribution >= 4 is 11.0 Å². The lowest BCUT2D eigenvalue weighted by atomic mass is 10.2. The first kappa shape index (κ1) is 16.1. The molecule has 0 saturated heterocycles. The van der Waals surface area contributed by atoms with Crippen molar-refractivity contribution < 1.29 is 4.74 Å². The molecule has 2 aromatic carbocycles. The van der Waals surface area contributed by atoms with Gasteiger partial charge in [0.25, 0.3) is 5.56 Å². The molecule has 6 nitrogen and oxygen atoms in total. The van der Waals surface area contributed by atoms with Crippen LogP contribution in [0.25, 0.3) is 22.4 Å². The Morgan fingerprint density at radius 1 is 0.923 bits per heavy atom. The van der Waals surface area contributed by atoms with Crippen LogP contribution >= 0.6 is 0 Å². The van der Waals surface area contributed by atoms with Crippen LogP contribution in [-0.2, 0) is 0 Å². The standard InChI is InChI=1S/C20H18N4O2/c1-13-4-6-16(7-5-13)24-19-18(12-21-24)20(25)23(14(2)22-19)15-8-10-17(26-3)11-9-15/h4-12H,1-3H3. The van der Waals surface area contributed by atoms with E-state index < -0.39 is 0 Å². The summed E-state index contributed by atoms with van der Waals surface area (Å²) in [4.78, 5) is 17.7. The van der Waals surface area contributed by atoms with E-state index in [0.717, 1.165) is 22.7 Å². The molecule has 4 rings (SSSR count). The van der Waals surface area contributed by atoms with Crippen LogP contribution in [0.2, 0.25) is 0 Å². The molecule has 0 N–H and O–H groups in total. The lowest BCUT2D eigenvalue weighted by Gasteiger charge is -2.11. The molecule has 0 atom stereocenters. The zero-order valence-corrected chi connectivity index (χ0v) is 14.8. The molecule has 4 aromatic rings. The van der Waals surface area contributed by atoms with Gasteiger partial charge in [-0.3, -0.25) is 9.36 Å². The van der Waals surface area contributed by atoms with Crippen molar-refractivity contribution in [1.29, 1.82) is 0 Å². The fourth-order valence-electron chi connectivity index (χ4n) is 2.98. The van der Waals surface area contributed by atoms with Gasteiger partial charge in [0.1, 0.15) is 17.0 Å². The molecule has 0 aliphatic heterocycles. The molecule has 0 saturated carbocycles. The number of ether oxygens (including phenoxy) is 1. The summed E-state index contributed by atoms with van der Waals surface area (Å²) in [7, 11) is 1.61. The van der Waals surface area contributed by atoms with Crippen LogP contribution in [0.4, 0.5) is 0 Å². The molecule has 0 aliphatic rings. The Morgan fingerprint density at radius 3 is 2.23 bits per heavy atom. The Bertz CT molecular complexity index is 1140. The van der Waals surface area contributed by atoms with Crippen molar-refractivity contribution in [3.8, 4) is 17.1 Å². The number of aryl methyl sites for hydroxylation is 2. The normalized spacial score (nSPS) is 11.0. The maximum atomic E-state index is 13.0. The second-order valence-corrected chi connectivity index (χ2v) is 6.13. The Morgan fingerprint density at radius 2 is 1.58 bits per heavy atom. The van der Waals surface area contributed by atoms with Crippen LogP contribution < -0.4 is 10.3 Å². The van der Waals surface area contributed by atoms with Crippen molar-refractivity contribution in [2.24, 2.45) is 0 Å². The van der Waals surface area contributed by atoms with Crippen molar-refractivity contribution in [3.05, 3.63) is 76.5 Å². The number of fused-ring (bicyclic) bond motifs is 1. The van der Waals surface area contributed by atoms with E-state index in [-0.39, 0.29) is 5.56 Å². The zero-order valence-electron chi connectivity index (χ0n) is 14.8. The van der Waals surface area contributed by atoms with Crippen LogP contribution in [0.15, 0.2) is 59.5 Å². The fraction of sp³-hybridized carbons (Fsp3) is 0.150. The molecule has 0 aliphatic carbocycles. The summed E-state index contributed by atoms with van der Waals surface area (Å²) < 4.78 is 8.46. The lowest BCUT2D eigenvalue weighted by Crippen LogP contribution is -2.22. The molecular weight excluding hydrogens is 328 g/mol. The van der Waals surface area contributed by atoms with Gasteiger partial charge in [-0.1, -0.05) is 17.7 Å². The van der Waals surface area contributed by atoms with Crippen molar-refractivity contribution in [1.82, 2.24) is 19.3 Å². The number of methoxy groups -OCH3 is 1. The molecule has 0 fully saturated rings. The van der Waals surface area contributed by atoms with Gasteiger partial charge in [0.15, 0.2) is 5.65 Å². The largest absolute Gasteiger partial charge is 0.497 e. The summed E-state index contributed by atoms with van der Waals surface area (Å²) in [5, 5.41) is 4.86. The Hall–Kier alpha value is -3.41. The minimum atomic E-state index is -0.143. The van der Waals surface area contributed by atoms with Gasteiger partial charge < -0.3 is 4.74 Å². The monoisotopic (exact) mass is 346 g/mol. The highest BCUT2D eigenvalue weighted by Gasteiger charge is 2.15. The van der Waals surface area contributed by atoms with Gasteiger partial charge in [0.2, 0.25) is 0 Å². The van der Waals surface area contributed by atoms with E-state index in [1.165, 1.54) is 0 Å². The van der Waals surface area contributed by atoms with Gasteiger partial charge in [-0.25, -0.2) is 9.67 Å². The summed E-state index contributed by atoms with van der Waals surface area (Å²) in [5.74, 6) is 1.34. The molecule has 0 bridgehead atoms. The smallest absolute Gasteiger partial charge is 0.269 e. The first-order chi connectivity index (χ1) is 12.6. The molecule has 0 radical (unpaired) electrons. The number of nitrogens with zero attached hydrogens (tertiary/aromatic N) is 4. The van der Waals surface area contributed by atoms with E-state index in [1.54, 1.807) is 22.6 Å². The van der Waals surface area contributed by atoms with Gasteiger partial charge >= 0.3 is 0 Å². The topological polar surface area (TPSA) is 61.9 Å². The number of hydrogen-bond donors (Lipinski definition) is 0. The molecule has 26 heavy (non-hydrogen) atoms. The molecular formula is C20H18N4O2. The molecule has 0 unspecified atom stereocenters. The molecule has 130 valence electrons. The zero-order chi connectivity index (χ0) is 18.3. The average Bonchev–Trinajstić information content (AvgIpc) is 3.07. The third-order valence-electron chi connectivity index (χ3n) is 4.38. The summed E-state index contributed by atoms with van der Waals surface area (Å²) in [6.45, 7) is 3.85. The maximum absolute atomic E-state index is 13.0. The van der Waals surface area contributed by atoms with Gasteiger partial charge in [-0.15, -0.1) is 0 Å². The molecule has 2 heterocycles. The Labute approximate surface area is 150 Å². The van der Waals surface area contributed by atoms with Gasteiger partial charge in [-0.2, -0.15) is 5.10 Å². The number of rotatable bonds is 3. The van der Waals surface area contributed by atoms with Gasteiger partial charge in [-0.05, 0) is 50.2 Å². The Balaban J connectivity index is 1.90. The second-order valence-electron chi connectivity index (χ2n) is 6.13. The minimum absolute atomic E-state index is 0.143. The maximum Gasteiger partial charge on any atom is 0.269 e. The van der Waals surface area contributed by atoms with Crippen LogP contribution in [0, 0.1) is 13.8 Å². The van der Waals surface area contributed by atoms with E-state index in [0.29, 0.717) is 16.9 Å². The number of aromatic nitrogens is 4. The lowest BCUT2D eigenvalue weighted by molar-refractivity contribution is 0.414. The summed E-state index contributed by atoms with van der Waals surface area (Å²) in [6, 6.07) is 15.3. The highest BCUT2D eigenvalue weighted by Crippen LogP contribution is 2.18. The second kappa shape index (κ2) is 6.15. The van der Waals surface area contributed by atoms with E-state index in [4.69, 9.17) is 4.74 Å².